The number of hydrogen-bond donors (Lipinski definition) is 2. The highest BCUT2D eigenvalue weighted by Crippen LogP contribution is 2.21. The summed E-state index contributed by atoms with van der Waals surface area (Å²) in [6, 6.07) is -0.413. The summed E-state index contributed by atoms with van der Waals surface area (Å²) in [6.07, 6.45) is 1.50. The zero-order valence-corrected chi connectivity index (χ0v) is 12.4. The molecule has 1 unspecified atom stereocenters. The van der Waals surface area contributed by atoms with Gasteiger partial charge in [0.15, 0.2) is 0 Å². The standard InChI is InChI=1S/C13H21N5O2/c1-13(2,3)12-15-9(16-17-12)11(20)18-7-5-6-8(18)10(19)14-4/h8H,5-7H2,1-4H3,(H,14,19)(H,15,16,17). The Morgan fingerprint density at radius 3 is 2.65 bits per heavy atom. The zero-order valence-electron chi connectivity index (χ0n) is 12.4. The molecule has 2 rings (SSSR count). The topological polar surface area (TPSA) is 91.0 Å². The summed E-state index contributed by atoms with van der Waals surface area (Å²) >= 11 is 0. The fourth-order valence-electron chi connectivity index (χ4n) is 2.27. The normalized spacial score (nSPS) is 19.2. The zero-order chi connectivity index (χ0) is 14.9. The lowest BCUT2D eigenvalue weighted by Gasteiger charge is -2.21. The number of aromatic amines is 1. The Labute approximate surface area is 118 Å². The largest absolute Gasteiger partial charge is 0.357 e. The van der Waals surface area contributed by atoms with Crippen LogP contribution in [0.1, 0.15) is 50.1 Å². The maximum absolute atomic E-state index is 12.4. The minimum Gasteiger partial charge on any atom is -0.357 e. The van der Waals surface area contributed by atoms with Gasteiger partial charge in [0.05, 0.1) is 0 Å². The number of aromatic nitrogens is 3. The molecule has 1 fully saturated rings. The first-order valence-corrected chi connectivity index (χ1v) is 6.80. The number of carbonyl (C=O) groups excluding carboxylic acids is 2. The molecule has 1 aromatic heterocycles. The van der Waals surface area contributed by atoms with Crippen LogP contribution < -0.4 is 5.32 Å². The molecule has 0 saturated carbocycles. The average molecular weight is 279 g/mol. The van der Waals surface area contributed by atoms with Crippen LogP contribution in [0.3, 0.4) is 0 Å². The number of hydrogen-bond acceptors (Lipinski definition) is 4. The van der Waals surface area contributed by atoms with E-state index in [1.54, 1.807) is 11.9 Å². The summed E-state index contributed by atoms with van der Waals surface area (Å²) in [5, 5.41) is 9.38. The van der Waals surface area contributed by atoms with Gasteiger partial charge in [0.2, 0.25) is 11.7 Å². The van der Waals surface area contributed by atoms with E-state index in [-0.39, 0.29) is 23.1 Å². The Hall–Kier alpha value is -1.92. The summed E-state index contributed by atoms with van der Waals surface area (Å²) in [7, 11) is 1.58. The lowest BCUT2D eigenvalue weighted by atomic mass is 9.96. The maximum atomic E-state index is 12.4. The summed E-state index contributed by atoms with van der Waals surface area (Å²) in [5.41, 5.74) is -0.198. The number of likely N-dealkylation sites (N-methyl/N-ethyl adjacent to an activating group) is 1. The van der Waals surface area contributed by atoms with Gasteiger partial charge in [0.1, 0.15) is 11.9 Å². The van der Waals surface area contributed by atoms with E-state index in [4.69, 9.17) is 0 Å². The molecule has 1 aliphatic heterocycles. The molecule has 0 bridgehead atoms. The molecule has 110 valence electrons. The second-order valence-electron chi connectivity index (χ2n) is 6.03. The molecule has 1 saturated heterocycles. The first kappa shape index (κ1) is 14.5. The van der Waals surface area contributed by atoms with Gasteiger partial charge < -0.3 is 10.2 Å². The predicted molar refractivity (Wildman–Crippen MR) is 73.2 cm³/mol. The number of nitrogens with one attached hydrogen (secondary N) is 2. The molecule has 2 heterocycles. The van der Waals surface area contributed by atoms with E-state index in [9.17, 15) is 9.59 Å². The third-order valence-corrected chi connectivity index (χ3v) is 3.45. The molecule has 0 aliphatic carbocycles. The Kier molecular flexibility index (Phi) is 3.78. The van der Waals surface area contributed by atoms with Gasteiger partial charge in [0, 0.05) is 19.0 Å². The van der Waals surface area contributed by atoms with Gasteiger partial charge in [-0.1, -0.05) is 20.8 Å². The molecule has 0 radical (unpaired) electrons. The summed E-state index contributed by atoms with van der Waals surface area (Å²) in [4.78, 5) is 30.0. The monoisotopic (exact) mass is 279 g/mol. The van der Waals surface area contributed by atoms with Crippen LogP contribution in [-0.4, -0.2) is 51.5 Å². The Morgan fingerprint density at radius 2 is 2.10 bits per heavy atom. The lowest BCUT2D eigenvalue weighted by molar-refractivity contribution is -0.124. The van der Waals surface area contributed by atoms with E-state index in [2.05, 4.69) is 20.5 Å². The Morgan fingerprint density at radius 1 is 1.40 bits per heavy atom. The Bertz CT molecular complexity index is 517. The number of H-pyrrole nitrogens is 1. The molecular weight excluding hydrogens is 258 g/mol. The predicted octanol–water partition coefficient (Wildman–Crippen LogP) is 0.453. The molecule has 1 aromatic rings. The van der Waals surface area contributed by atoms with E-state index in [1.165, 1.54) is 0 Å². The van der Waals surface area contributed by atoms with Crippen LogP contribution in [0, 0.1) is 0 Å². The molecule has 1 atom stereocenters. The van der Waals surface area contributed by atoms with Crippen molar-refractivity contribution in [3.8, 4) is 0 Å². The quantitative estimate of drug-likeness (QED) is 0.822. The van der Waals surface area contributed by atoms with Gasteiger partial charge in [-0.05, 0) is 12.8 Å². The maximum Gasteiger partial charge on any atom is 0.294 e. The van der Waals surface area contributed by atoms with Gasteiger partial charge in [-0.15, -0.1) is 5.10 Å². The molecule has 0 aromatic carbocycles. The second kappa shape index (κ2) is 5.22. The minimum atomic E-state index is -0.413. The molecule has 2 amide bonds. The van der Waals surface area contributed by atoms with Crippen molar-refractivity contribution in [1.82, 2.24) is 25.4 Å². The number of amides is 2. The van der Waals surface area contributed by atoms with Crippen molar-refractivity contribution in [2.75, 3.05) is 13.6 Å². The first-order valence-electron chi connectivity index (χ1n) is 6.80. The summed E-state index contributed by atoms with van der Waals surface area (Å²) in [5.74, 6) is 0.368. The smallest absolute Gasteiger partial charge is 0.294 e. The Balaban J connectivity index is 2.19. The third kappa shape index (κ3) is 2.66. The van der Waals surface area contributed by atoms with Gasteiger partial charge in [-0.3, -0.25) is 14.7 Å². The number of nitrogens with zero attached hydrogens (tertiary/aromatic N) is 3. The van der Waals surface area contributed by atoms with E-state index in [1.807, 2.05) is 20.8 Å². The highest BCUT2D eigenvalue weighted by Gasteiger charge is 2.36. The first-order chi connectivity index (χ1) is 9.34. The third-order valence-electron chi connectivity index (χ3n) is 3.45. The SMILES string of the molecule is CNC(=O)C1CCCN1C(=O)c1n[nH]c(C(C)(C)C)n1. The van der Waals surface area contributed by atoms with Gasteiger partial charge in [-0.2, -0.15) is 0 Å². The average Bonchev–Trinajstić information content (AvgIpc) is 3.04. The van der Waals surface area contributed by atoms with Crippen molar-refractivity contribution in [2.45, 2.75) is 45.1 Å². The van der Waals surface area contributed by atoms with E-state index in [0.29, 0.717) is 18.8 Å². The highest BCUT2D eigenvalue weighted by atomic mass is 16.2. The van der Waals surface area contributed by atoms with Crippen LogP contribution in [0.5, 0.6) is 0 Å². The van der Waals surface area contributed by atoms with Gasteiger partial charge in [0.25, 0.3) is 5.91 Å². The van der Waals surface area contributed by atoms with Gasteiger partial charge in [-0.25, -0.2) is 4.98 Å². The summed E-state index contributed by atoms with van der Waals surface area (Å²) in [6.45, 7) is 6.54. The van der Waals surface area contributed by atoms with E-state index < -0.39 is 6.04 Å². The summed E-state index contributed by atoms with van der Waals surface area (Å²) < 4.78 is 0. The van der Waals surface area contributed by atoms with Crippen LogP contribution in [-0.2, 0) is 10.2 Å². The highest BCUT2D eigenvalue weighted by molar-refractivity contribution is 5.95. The van der Waals surface area contributed by atoms with Crippen molar-refractivity contribution in [2.24, 2.45) is 0 Å². The lowest BCUT2D eigenvalue weighted by Crippen LogP contribution is -2.45. The second-order valence-corrected chi connectivity index (χ2v) is 6.03. The molecule has 1 aliphatic rings. The van der Waals surface area contributed by atoms with Crippen molar-refractivity contribution in [3.63, 3.8) is 0 Å². The van der Waals surface area contributed by atoms with Crippen LogP contribution in [0.4, 0.5) is 0 Å². The van der Waals surface area contributed by atoms with Crippen LogP contribution in [0.15, 0.2) is 0 Å². The molecule has 2 N–H and O–H groups in total. The minimum absolute atomic E-state index is 0.130. The van der Waals surface area contributed by atoms with Crippen molar-refractivity contribution in [3.05, 3.63) is 11.6 Å². The number of likely N-dealkylation sites (tertiary alicyclic amines) is 1. The molecule has 7 nitrogen and oxygen atoms in total. The van der Waals surface area contributed by atoms with Crippen molar-refractivity contribution < 1.29 is 9.59 Å². The van der Waals surface area contributed by atoms with Crippen LogP contribution in [0.25, 0.3) is 0 Å². The van der Waals surface area contributed by atoms with Gasteiger partial charge >= 0.3 is 0 Å². The van der Waals surface area contributed by atoms with Crippen LogP contribution >= 0.6 is 0 Å². The van der Waals surface area contributed by atoms with E-state index in [0.717, 1.165) is 6.42 Å². The fourth-order valence-corrected chi connectivity index (χ4v) is 2.27. The van der Waals surface area contributed by atoms with Crippen LogP contribution in [0.2, 0.25) is 0 Å². The molecule has 7 heteroatoms. The van der Waals surface area contributed by atoms with Crippen molar-refractivity contribution >= 4 is 11.8 Å². The molecule has 0 spiro atoms. The van der Waals surface area contributed by atoms with E-state index >= 15 is 0 Å². The number of carbonyl (C=O) groups is 2. The van der Waals surface area contributed by atoms with Crippen molar-refractivity contribution in [1.29, 1.82) is 0 Å². The molecular formula is C13H21N5O2. The molecule has 20 heavy (non-hydrogen) atoms. The fraction of sp³-hybridized carbons (Fsp3) is 0.692. The number of rotatable bonds is 2.